The number of aliphatic carboxylic acids is 1. The Kier molecular flexibility index (Phi) is 346. The second-order valence-electron chi connectivity index (χ2n) is 2.63. The number of rotatable bonds is 4. The Hall–Kier alpha value is -5.30. The molecule has 0 aliphatic heterocycles. The summed E-state index contributed by atoms with van der Waals surface area (Å²) in [5.74, 6) is -0.807. The summed E-state index contributed by atoms with van der Waals surface area (Å²) in [7, 11) is 0. The number of hydrogen-bond donors (Lipinski definition) is 10. The molecule has 20 heteroatoms. The van der Waals surface area contributed by atoms with Crippen molar-refractivity contribution in [3.63, 3.8) is 0 Å². The fourth-order valence-electron chi connectivity index (χ4n) is 0.430. The molecule has 10 N–H and O–H groups in total. The highest BCUT2D eigenvalue weighted by molar-refractivity contribution is 5.76. The zero-order chi connectivity index (χ0) is 30.8. The lowest BCUT2D eigenvalue weighted by molar-refractivity contribution is -0.133. The predicted octanol–water partition coefficient (Wildman–Crippen LogP) is -1.23. The van der Waals surface area contributed by atoms with Gasteiger partial charge in [0.1, 0.15) is 0 Å². The quantitative estimate of drug-likeness (QED) is 0.150. The normalized spacial score (nSPS) is 5.17. The fourth-order valence-corrected chi connectivity index (χ4v) is 0.430. The zero-order valence-electron chi connectivity index (χ0n) is 17.9. The first-order valence-electron chi connectivity index (χ1n) is 7.28. The van der Waals surface area contributed by atoms with Gasteiger partial charge < -0.3 is 51.1 Å². The number of carboxylic acid groups (broad SMARTS) is 10. The van der Waals surface area contributed by atoms with Crippen molar-refractivity contribution in [1.29, 1.82) is 0 Å². The average molecular weight is 529 g/mol. The van der Waals surface area contributed by atoms with Gasteiger partial charge in [0.25, 0.3) is 58.2 Å². The second kappa shape index (κ2) is 192. The smallest absolute Gasteiger partial charge is 0.307 e. The largest absolute Gasteiger partial charge is 0.483 e. The minimum atomic E-state index is -0.807. The topological polar surface area (TPSA) is 373 Å². The van der Waals surface area contributed by atoms with Crippen LogP contribution in [0.5, 0.6) is 0 Å². The van der Waals surface area contributed by atoms with E-state index in [0.29, 0.717) is 6.42 Å². The molecule has 0 atom stereocenters. The molecule has 0 saturated carbocycles. The first-order valence-corrected chi connectivity index (χ1v) is 7.28. The van der Waals surface area contributed by atoms with Crippen molar-refractivity contribution in [3.05, 3.63) is 6.42 Å². The maximum absolute atomic E-state index is 9.82. The molecule has 0 unspecified atom stereocenters. The zero-order valence-corrected chi connectivity index (χ0v) is 17.9. The third-order valence-corrected chi connectivity index (χ3v) is 0.877. The summed E-state index contributed by atoms with van der Waals surface area (Å²) in [5, 5.41) is 70.1. The Bertz CT molecular complexity index is 312. The highest BCUT2D eigenvalue weighted by Gasteiger charge is 1.93. The van der Waals surface area contributed by atoms with Gasteiger partial charge in [0.15, 0.2) is 0 Å². The summed E-state index contributed by atoms with van der Waals surface area (Å²) in [4.78, 5) is 85.1. The van der Waals surface area contributed by atoms with Gasteiger partial charge in [0.2, 0.25) is 0 Å². The monoisotopic (exact) mass is 529 g/mol. The van der Waals surface area contributed by atoms with Crippen molar-refractivity contribution in [2.24, 2.45) is 0 Å². The van der Waals surface area contributed by atoms with E-state index in [0.717, 1.165) is 12.8 Å². The van der Waals surface area contributed by atoms with Crippen LogP contribution in [0, 0.1) is 6.42 Å². The Morgan fingerprint density at radius 3 is 0.714 bits per heavy atom. The molecule has 0 aromatic rings. The van der Waals surface area contributed by atoms with Gasteiger partial charge in [-0.25, -0.2) is 0 Å². The van der Waals surface area contributed by atoms with Crippen molar-refractivity contribution in [2.45, 2.75) is 26.2 Å². The van der Waals surface area contributed by atoms with Crippen LogP contribution in [0.1, 0.15) is 26.2 Å². The number of hydrogen-bond acceptors (Lipinski definition) is 10. The minimum absolute atomic E-state index is 0.250. The molecule has 0 aliphatic rings. The lowest BCUT2D eigenvalue weighted by Gasteiger charge is -1.89. The number of carbonyl (C=O) groups is 10. The Balaban J connectivity index is -0.0000000257. The van der Waals surface area contributed by atoms with Gasteiger partial charge in [-0.3, -0.25) is 47.9 Å². The SMILES string of the molecule is CCCC[CH]C(=O)O.O=CO.O=CO.O=CO.O=CO.O=CO.O=CO.O=CO.O=CO.O=CO. The molecule has 20 nitrogen and oxygen atoms in total. The van der Waals surface area contributed by atoms with Crippen LogP contribution in [0.3, 0.4) is 0 Å². The molecule has 0 fully saturated rings. The van der Waals surface area contributed by atoms with Crippen LogP contribution >= 0.6 is 0 Å². The summed E-state index contributed by atoms with van der Waals surface area (Å²) in [6.45, 7) is -0.213. The van der Waals surface area contributed by atoms with E-state index in [4.69, 9.17) is 94.2 Å². The van der Waals surface area contributed by atoms with E-state index in [-0.39, 0.29) is 58.2 Å². The maximum Gasteiger partial charge on any atom is 0.307 e. The minimum Gasteiger partial charge on any atom is -0.483 e. The number of carboxylic acids is 1. The van der Waals surface area contributed by atoms with Crippen molar-refractivity contribution in [1.82, 2.24) is 0 Å². The van der Waals surface area contributed by atoms with Crippen molar-refractivity contribution < 1.29 is 99.0 Å². The van der Waals surface area contributed by atoms with E-state index in [2.05, 4.69) is 0 Å². The van der Waals surface area contributed by atoms with E-state index >= 15 is 0 Å². The molecule has 0 aromatic carbocycles. The molecular formula is C15H29O20. The fraction of sp³-hybridized carbons (Fsp3) is 0.267. The van der Waals surface area contributed by atoms with Crippen LogP contribution in [-0.2, 0) is 47.9 Å². The molecule has 0 aliphatic carbocycles. The molecule has 0 saturated heterocycles. The van der Waals surface area contributed by atoms with Gasteiger partial charge in [0, 0.05) is 0 Å². The third-order valence-electron chi connectivity index (χ3n) is 0.877. The summed E-state index contributed by atoms with van der Waals surface area (Å²) in [6, 6.07) is 0. The predicted molar refractivity (Wildman–Crippen MR) is 110 cm³/mol. The molecule has 1 radical (unpaired) electrons. The van der Waals surface area contributed by atoms with E-state index < -0.39 is 5.97 Å². The van der Waals surface area contributed by atoms with Gasteiger partial charge in [0.05, 0.1) is 6.42 Å². The van der Waals surface area contributed by atoms with E-state index in [1.165, 1.54) is 6.42 Å². The van der Waals surface area contributed by atoms with Crippen molar-refractivity contribution in [2.75, 3.05) is 0 Å². The first kappa shape index (κ1) is 63.0. The Morgan fingerprint density at radius 2 is 0.629 bits per heavy atom. The summed E-state index contributed by atoms with van der Waals surface area (Å²) in [5.41, 5.74) is 0. The van der Waals surface area contributed by atoms with Gasteiger partial charge in [-0.2, -0.15) is 0 Å². The standard InChI is InChI=1S/C6H11O2.9CH2O2/c1-2-3-4-5-6(7)8;9*2-1-3/h5H,2-4H2,1H3,(H,7,8);9*1H,(H,2,3). The van der Waals surface area contributed by atoms with Crippen molar-refractivity contribution >= 4 is 64.2 Å². The van der Waals surface area contributed by atoms with Crippen LogP contribution in [0.25, 0.3) is 0 Å². The Labute approximate surface area is 196 Å². The molecule has 0 aromatic heterocycles. The molecule has 0 amide bonds. The van der Waals surface area contributed by atoms with Crippen LogP contribution in [-0.4, -0.2) is 115 Å². The van der Waals surface area contributed by atoms with Crippen LogP contribution in [0.2, 0.25) is 0 Å². The average Bonchev–Trinajstić information content (AvgIpc) is 2.73. The van der Waals surface area contributed by atoms with Gasteiger partial charge in [-0.15, -0.1) is 0 Å². The van der Waals surface area contributed by atoms with E-state index in [9.17, 15) is 4.79 Å². The lowest BCUT2D eigenvalue weighted by atomic mass is 10.2. The molecule has 209 valence electrons. The molecule has 0 heterocycles. The summed E-state index contributed by atoms with van der Waals surface area (Å²) >= 11 is 0. The molecule has 35 heavy (non-hydrogen) atoms. The highest BCUT2D eigenvalue weighted by Crippen LogP contribution is 1.96. The van der Waals surface area contributed by atoms with Crippen molar-refractivity contribution in [3.8, 4) is 0 Å². The van der Waals surface area contributed by atoms with Crippen LogP contribution in [0.15, 0.2) is 0 Å². The van der Waals surface area contributed by atoms with Crippen LogP contribution < -0.4 is 0 Å². The van der Waals surface area contributed by atoms with E-state index in [1.54, 1.807) is 0 Å². The van der Waals surface area contributed by atoms with Crippen LogP contribution in [0.4, 0.5) is 0 Å². The van der Waals surface area contributed by atoms with Gasteiger partial charge >= 0.3 is 5.97 Å². The Morgan fingerprint density at radius 1 is 0.486 bits per heavy atom. The van der Waals surface area contributed by atoms with E-state index in [1.807, 2.05) is 6.92 Å². The first-order chi connectivity index (χ1) is 16.5. The molecule has 0 spiro atoms. The van der Waals surface area contributed by atoms with Gasteiger partial charge in [-0.05, 0) is 6.42 Å². The summed E-state index contributed by atoms with van der Waals surface area (Å²) in [6.07, 6.45) is 4.03. The third kappa shape index (κ3) is 227000. The number of unbranched alkanes of at least 4 members (excludes halogenated alkanes) is 2. The molecule has 0 rings (SSSR count). The second-order valence-corrected chi connectivity index (χ2v) is 2.63. The summed E-state index contributed by atoms with van der Waals surface area (Å²) < 4.78 is 0. The van der Waals surface area contributed by atoms with Gasteiger partial charge in [-0.1, -0.05) is 19.8 Å². The highest BCUT2D eigenvalue weighted by atomic mass is 16.4. The maximum atomic E-state index is 9.82. The lowest BCUT2D eigenvalue weighted by Crippen LogP contribution is -1.93. The molecular weight excluding hydrogens is 500 g/mol. The molecule has 0 bridgehead atoms.